The van der Waals surface area contributed by atoms with Crippen LogP contribution in [0, 0.1) is 30.6 Å². The molecule has 18 heavy (non-hydrogen) atoms. The van der Waals surface area contributed by atoms with E-state index >= 15 is 0 Å². The van der Waals surface area contributed by atoms with Crippen LogP contribution in [0.3, 0.4) is 0 Å². The molecule has 0 bridgehead atoms. The van der Waals surface area contributed by atoms with E-state index < -0.39 is 5.41 Å². The van der Waals surface area contributed by atoms with E-state index in [0.717, 1.165) is 16.8 Å². The summed E-state index contributed by atoms with van der Waals surface area (Å²) in [5.41, 5.74) is 2.04. The van der Waals surface area contributed by atoms with Gasteiger partial charge in [0.15, 0.2) is 0 Å². The van der Waals surface area contributed by atoms with Gasteiger partial charge >= 0.3 is 0 Å². The van der Waals surface area contributed by atoms with E-state index in [2.05, 4.69) is 11.4 Å². The highest BCUT2D eigenvalue weighted by molar-refractivity contribution is 5.97. The normalized spacial score (nSPS) is 10.8. The summed E-state index contributed by atoms with van der Waals surface area (Å²) < 4.78 is 0. The topological polar surface area (TPSA) is 52.9 Å². The number of amides is 1. The number of benzene rings is 1. The van der Waals surface area contributed by atoms with E-state index in [-0.39, 0.29) is 5.91 Å². The van der Waals surface area contributed by atoms with Crippen LogP contribution < -0.4 is 5.32 Å². The second kappa shape index (κ2) is 5.68. The maximum Gasteiger partial charge on any atom is 0.244 e. The van der Waals surface area contributed by atoms with Gasteiger partial charge in [-0.25, -0.2) is 0 Å². The third-order valence-electron chi connectivity index (χ3n) is 3.34. The fraction of sp³-hybridized carbons (Fsp3) is 0.467. The lowest BCUT2D eigenvalue weighted by Crippen LogP contribution is -2.33. The quantitative estimate of drug-likeness (QED) is 0.880. The highest BCUT2D eigenvalue weighted by Gasteiger charge is 2.34. The highest BCUT2D eigenvalue weighted by atomic mass is 16.2. The molecule has 0 aliphatic rings. The lowest BCUT2D eigenvalue weighted by molar-refractivity contribution is -0.123. The maximum absolute atomic E-state index is 12.2. The number of carbonyl (C=O) groups excluding carboxylic acids is 1. The number of rotatable bonds is 4. The van der Waals surface area contributed by atoms with Crippen LogP contribution in [0.4, 0.5) is 5.69 Å². The Morgan fingerprint density at radius 2 is 1.72 bits per heavy atom. The largest absolute Gasteiger partial charge is 0.325 e. The molecular formula is C15H20N2O. The summed E-state index contributed by atoms with van der Waals surface area (Å²) in [6.07, 6.45) is 1.05. The Kier molecular flexibility index (Phi) is 4.49. The number of anilines is 1. The minimum absolute atomic E-state index is 0.208. The van der Waals surface area contributed by atoms with Gasteiger partial charge in [-0.1, -0.05) is 19.9 Å². The Balaban J connectivity index is 2.97. The fourth-order valence-electron chi connectivity index (χ4n) is 2.08. The van der Waals surface area contributed by atoms with Crippen molar-refractivity contribution in [3.05, 3.63) is 29.3 Å². The molecule has 3 nitrogen and oxygen atoms in total. The van der Waals surface area contributed by atoms with Crippen LogP contribution in [0.1, 0.15) is 37.8 Å². The summed E-state index contributed by atoms with van der Waals surface area (Å²) in [6.45, 7) is 7.71. The number of hydrogen-bond donors (Lipinski definition) is 1. The zero-order valence-electron chi connectivity index (χ0n) is 11.5. The molecule has 0 saturated carbocycles. The second-order valence-corrected chi connectivity index (χ2v) is 4.73. The first kappa shape index (κ1) is 14.2. The van der Waals surface area contributed by atoms with Crippen molar-refractivity contribution in [1.29, 1.82) is 5.26 Å². The molecule has 0 atom stereocenters. The predicted octanol–water partition coefficient (Wildman–Crippen LogP) is 3.57. The van der Waals surface area contributed by atoms with E-state index in [1.807, 2.05) is 45.9 Å². The van der Waals surface area contributed by atoms with Crippen molar-refractivity contribution in [2.75, 3.05) is 5.32 Å². The molecular weight excluding hydrogens is 224 g/mol. The van der Waals surface area contributed by atoms with Gasteiger partial charge < -0.3 is 5.32 Å². The lowest BCUT2D eigenvalue weighted by atomic mass is 9.83. The Bertz CT molecular complexity index is 462. The molecule has 3 heteroatoms. The van der Waals surface area contributed by atoms with E-state index in [9.17, 15) is 10.1 Å². The number of nitrogens with zero attached hydrogens (tertiary/aromatic N) is 1. The molecule has 0 fully saturated rings. The molecule has 0 unspecified atom stereocenters. The van der Waals surface area contributed by atoms with Crippen LogP contribution in [0.2, 0.25) is 0 Å². The summed E-state index contributed by atoms with van der Waals surface area (Å²) in [7, 11) is 0. The molecule has 0 aliphatic heterocycles. The standard InChI is InChI=1S/C15H20N2O/c1-5-15(6-2,10-16)14(18)17-13-8-11(3)7-12(4)9-13/h7-9H,5-6H2,1-4H3,(H,17,18). The van der Waals surface area contributed by atoms with Crippen LogP contribution in [0.15, 0.2) is 18.2 Å². The van der Waals surface area contributed by atoms with E-state index in [1.54, 1.807) is 0 Å². The Labute approximate surface area is 109 Å². The minimum atomic E-state index is -0.919. The molecule has 0 spiro atoms. The number of hydrogen-bond acceptors (Lipinski definition) is 2. The average Bonchev–Trinajstić information content (AvgIpc) is 2.30. The van der Waals surface area contributed by atoms with Crippen LogP contribution >= 0.6 is 0 Å². The summed E-state index contributed by atoms with van der Waals surface area (Å²) in [6, 6.07) is 8.03. The van der Waals surface area contributed by atoms with Gasteiger partial charge in [-0.2, -0.15) is 5.26 Å². The summed E-state index contributed by atoms with van der Waals surface area (Å²) >= 11 is 0. The van der Waals surface area contributed by atoms with Crippen molar-refractivity contribution in [1.82, 2.24) is 0 Å². The molecule has 0 radical (unpaired) electrons. The van der Waals surface area contributed by atoms with Crippen molar-refractivity contribution in [3.63, 3.8) is 0 Å². The van der Waals surface area contributed by atoms with Gasteiger partial charge in [0.2, 0.25) is 5.91 Å². The molecule has 0 heterocycles. The van der Waals surface area contributed by atoms with Crippen molar-refractivity contribution in [3.8, 4) is 6.07 Å². The Hall–Kier alpha value is -1.82. The first-order chi connectivity index (χ1) is 8.47. The average molecular weight is 244 g/mol. The van der Waals surface area contributed by atoms with E-state index in [1.165, 1.54) is 0 Å². The Morgan fingerprint density at radius 1 is 1.22 bits per heavy atom. The summed E-state index contributed by atoms with van der Waals surface area (Å²) in [5.74, 6) is -0.208. The molecule has 1 N–H and O–H groups in total. The Morgan fingerprint density at radius 3 is 2.11 bits per heavy atom. The van der Waals surface area contributed by atoms with Gasteiger partial charge in [0, 0.05) is 5.69 Å². The van der Waals surface area contributed by atoms with Crippen molar-refractivity contribution in [2.45, 2.75) is 40.5 Å². The minimum Gasteiger partial charge on any atom is -0.325 e. The number of carbonyl (C=O) groups is 1. The first-order valence-electron chi connectivity index (χ1n) is 6.28. The molecule has 0 aliphatic carbocycles. The summed E-state index contributed by atoms with van der Waals surface area (Å²) in [4.78, 5) is 12.2. The van der Waals surface area contributed by atoms with Crippen molar-refractivity contribution in [2.24, 2.45) is 5.41 Å². The third-order valence-corrected chi connectivity index (χ3v) is 3.34. The zero-order chi connectivity index (χ0) is 13.8. The second-order valence-electron chi connectivity index (χ2n) is 4.73. The SMILES string of the molecule is CCC(C#N)(CC)C(=O)Nc1cc(C)cc(C)c1. The molecule has 0 aromatic heterocycles. The fourth-order valence-corrected chi connectivity index (χ4v) is 2.08. The number of nitrogens with one attached hydrogen (secondary N) is 1. The van der Waals surface area contributed by atoms with Gasteiger partial charge in [-0.15, -0.1) is 0 Å². The van der Waals surface area contributed by atoms with Crippen molar-refractivity contribution < 1.29 is 4.79 Å². The van der Waals surface area contributed by atoms with Gasteiger partial charge in [0.1, 0.15) is 5.41 Å². The molecule has 1 aromatic carbocycles. The molecule has 1 amide bonds. The van der Waals surface area contributed by atoms with Gasteiger partial charge in [0.25, 0.3) is 0 Å². The van der Waals surface area contributed by atoms with Gasteiger partial charge in [-0.3, -0.25) is 4.79 Å². The van der Waals surface area contributed by atoms with Crippen LogP contribution in [-0.2, 0) is 4.79 Å². The zero-order valence-corrected chi connectivity index (χ0v) is 11.5. The highest BCUT2D eigenvalue weighted by Crippen LogP contribution is 2.27. The van der Waals surface area contributed by atoms with Gasteiger partial charge in [0.05, 0.1) is 6.07 Å². The van der Waals surface area contributed by atoms with E-state index in [4.69, 9.17) is 0 Å². The van der Waals surface area contributed by atoms with Crippen molar-refractivity contribution >= 4 is 11.6 Å². The van der Waals surface area contributed by atoms with Crippen LogP contribution in [0.5, 0.6) is 0 Å². The lowest BCUT2D eigenvalue weighted by Gasteiger charge is -2.22. The smallest absolute Gasteiger partial charge is 0.244 e. The number of aryl methyl sites for hydroxylation is 2. The van der Waals surface area contributed by atoms with Gasteiger partial charge in [-0.05, 0) is 49.9 Å². The predicted molar refractivity (Wildman–Crippen MR) is 73.2 cm³/mol. The molecule has 0 saturated heterocycles. The maximum atomic E-state index is 12.2. The number of nitriles is 1. The van der Waals surface area contributed by atoms with Crippen LogP contribution in [0.25, 0.3) is 0 Å². The first-order valence-corrected chi connectivity index (χ1v) is 6.28. The summed E-state index contributed by atoms with van der Waals surface area (Å²) in [5, 5.41) is 12.1. The molecule has 96 valence electrons. The molecule has 1 aromatic rings. The monoisotopic (exact) mass is 244 g/mol. The third kappa shape index (κ3) is 2.89. The van der Waals surface area contributed by atoms with E-state index in [0.29, 0.717) is 12.8 Å². The van der Waals surface area contributed by atoms with Crippen LogP contribution in [-0.4, -0.2) is 5.91 Å². The molecule has 1 rings (SSSR count).